The van der Waals surface area contributed by atoms with Gasteiger partial charge in [0, 0.05) is 17.0 Å². The Bertz CT molecular complexity index is 774. The van der Waals surface area contributed by atoms with E-state index in [0.29, 0.717) is 17.1 Å². The summed E-state index contributed by atoms with van der Waals surface area (Å²) < 4.78 is 0. The van der Waals surface area contributed by atoms with Gasteiger partial charge in [-0.1, -0.05) is 30.9 Å². The molecule has 0 atom stereocenters. The van der Waals surface area contributed by atoms with Crippen molar-refractivity contribution in [2.75, 3.05) is 5.43 Å². The van der Waals surface area contributed by atoms with Crippen molar-refractivity contribution in [2.24, 2.45) is 4.99 Å². The number of ketones is 1. The number of amidine groups is 1. The minimum Gasteiger partial charge on any atom is -0.300 e. The van der Waals surface area contributed by atoms with Crippen molar-refractivity contribution in [2.45, 2.75) is 26.2 Å². The zero-order chi connectivity index (χ0) is 18.1. The van der Waals surface area contributed by atoms with Gasteiger partial charge in [-0.15, -0.1) is 6.42 Å². The van der Waals surface area contributed by atoms with Crippen LogP contribution in [0.2, 0.25) is 5.02 Å². The highest BCUT2D eigenvalue weighted by atomic mass is 35.5. The molecule has 0 aromatic heterocycles. The summed E-state index contributed by atoms with van der Waals surface area (Å²) in [5.74, 6) is 2.76. The average Bonchev–Trinajstić information content (AvgIpc) is 2.65. The second-order valence-electron chi connectivity index (χ2n) is 5.44. The molecule has 0 saturated heterocycles. The van der Waals surface area contributed by atoms with Crippen LogP contribution in [0.1, 0.15) is 31.7 Å². The van der Waals surface area contributed by atoms with Crippen molar-refractivity contribution < 1.29 is 4.79 Å². The number of nitrogens with one attached hydrogen (secondary N) is 2. The number of hydrogen-bond donors (Lipinski definition) is 2. The summed E-state index contributed by atoms with van der Waals surface area (Å²) >= 11 is 5.87. The number of nitrogens with zero attached hydrogens (tertiary/aromatic N) is 1. The fourth-order valence-corrected chi connectivity index (χ4v) is 2.17. The van der Waals surface area contributed by atoms with E-state index in [4.69, 9.17) is 18.0 Å². The Kier molecular flexibility index (Phi) is 7.06. The van der Waals surface area contributed by atoms with E-state index in [1.165, 1.54) is 0 Å². The van der Waals surface area contributed by atoms with E-state index in [9.17, 15) is 4.79 Å². The number of benzene rings is 2. The van der Waals surface area contributed by atoms with Crippen LogP contribution in [-0.2, 0) is 4.79 Å². The van der Waals surface area contributed by atoms with Gasteiger partial charge in [0.15, 0.2) is 11.6 Å². The zero-order valence-corrected chi connectivity index (χ0v) is 14.8. The van der Waals surface area contributed by atoms with Gasteiger partial charge in [-0.3, -0.25) is 15.6 Å². The van der Waals surface area contributed by atoms with Crippen LogP contribution in [0.25, 0.3) is 0 Å². The third-order valence-corrected chi connectivity index (χ3v) is 3.72. The monoisotopic (exact) mass is 353 g/mol. The number of Topliss-reactive ketones (excluding diaryl/α,β-unsaturated/α-hetero) is 1. The first-order valence-corrected chi connectivity index (χ1v) is 8.46. The fourth-order valence-electron chi connectivity index (χ4n) is 2.04. The predicted molar refractivity (Wildman–Crippen MR) is 104 cm³/mol. The average molecular weight is 354 g/mol. The normalized spacial score (nSPS) is 10.8. The van der Waals surface area contributed by atoms with Gasteiger partial charge < -0.3 is 0 Å². The number of anilines is 1. The minimum absolute atomic E-state index is 0.0515. The van der Waals surface area contributed by atoms with Crippen LogP contribution in [0.15, 0.2) is 53.5 Å². The van der Waals surface area contributed by atoms with Gasteiger partial charge in [-0.2, -0.15) is 0 Å². The number of halogens is 1. The first-order chi connectivity index (χ1) is 12.1. The van der Waals surface area contributed by atoms with E-state index in [-0.39, 0.29) is 11.6 Å². The van der Waals surface area contributed by atoms with Crippen LogP contribution in [0.3, 0.4) is 0 Å². The van der Waals surface area contributed by atoms with Crippen molar-refractivity contribution >= 4 is 34.6 Å². The summed E-state index contributed by atoms with van der Waals surface area (Å²) in [7, 11) is 0. The molecule has 5 heteroatoms. The number of hydrazine groups is 1. The van der Waals surface area contributed by atoms with Crippen LogP contribution >= 0.6 is 11.6 Å². The van der Waals surface area contributed by atoms with E-state index in [1.807, 2.05) is 19.1 Å². The van der Waals surface area contributed by atoms with Crippen molar-refractivity contribution in [3.63, 3.8) is 0 Å². The molecule has 0 aliphatic heterocycles. The Morgan fingerprint density at radius 3 is 2.44 bits per heavy atom. The topological polar surface area (TPSA) is 53.5 Å². The summed E-state index contributed by atoms with van der Waals surface area (Å²) in [5.41, 5.74) is 8.09. The van der Waals surface area contributed by atoms with Crippen LogP contribution < -0.4 is 10.9 Å². The summed E-state index contributed by atoms with van der Waals surface area (Å²) in [5, 5.41) is 0.645. The molecule has 25 heavy (non-hydrogen) atoms. The molecule has 0 heterocycles. The lowest BCUT2D eigenvalue weighted by Crippen LogP contribution is -2.35. The first kappa shape index (κ1) is 18.6. The van der Waals surface area contributed by atoms with Crippen molar-refractivity contribution in [1.82, 2.24) is 5.43 Å². The molecular formula is C20H20ClN3O. The smallest absolute Gasteiger partial charge is 0.199 e. The fraction of sp³-hybridized carbons (Fsp3) is 0.200. The molecule has 2 aromatic carbocycles. The maximum Gasteiger partial charge on any atom is 0.199 e. The number of unbranched alkanes of at least 4 members (excludes halogenated alkanes) is 1. The van der Waals surface area contributed by atoms with Crippen LogP contribution in [0.4, 0.5) is 11.4 Å². The number of aliphatic imine (C=N–C) groups is 1. The Morgan fingerprint density at radius 1 is 1.16 bits per heavy atom. The summed E-state index contributed by atoms with van der Waals surface area (Å²) in [4.78, 5) is 16.8. The van der Waals surface area contributed by atoms with Crippen molar-refractivity contribution in [3.8, 4) is 12.3 Å². The summed E-state index contributed by atoms with van der Waals surface area (Å²) in [6, 6.07) is 14.3. The molecule has 0 amide bonds. The van der Waals surface area contributed by atoms with Gasteiger partial charge in [0.05, 0.1) is 11.4 Å². The molecule has 2 aromatic rings. The molecule has 0 aliphatic carbocycles. The quantitative estimate of drug-likeness (QED) is 0.327. The van der Waals surface area contributed by atoms with Gasteiger partial charge in [-0.05, 0) is 55.0 Å². The van der Waals surface area contributed by atoms with E-state index in [1.54, 1.807) is 36.4 Å². The molecule has 0 aliphatic rings. The van der Waals surface area contributed by atoms with Gasteiger partial charge >= 0.3 is 0 Å². The highest BCUT2D eigenvalue weighted by Gasteiger charge is 2.11. The Balaban J connectivity index is 2.16. The summed E-state index contributed by atoms with van der Waals surface area (Å²) in [6.45, 7) is 2.04. The number of terminal acetylenes is 1. The molecule has 0 bridgehead atoms. The van der Waals surface area contributed by atoms with Crippen LogP contribution in [-0.4, -0.2) is 11.6 Å². The second-order valence-corrected chi connectivity index (χ2v) is 5.87. The molecule has 0 spiro atoms. The molecule has 4 nitrogen and oxygen atoms in total. The SMILES string of the molecule is C#Cc1ccc(N=C(NNc2ccc(Cl)cc2)C(=O)CCCC)cc1. The molecule has 0 saturated carbocycles. The largest absolute Gasteiger partial charge is 0.300 e. The predicted octanol–water partition coefficient (Wildman–Crippen LogP) is 4.73. The van der Waals surface area contributed by atoms with Gasteiger partial charge in [-0.25, -0.2) is 4.99 Å². The lowest BCUT2D eigenvalue weighted by atomic mass is 10.1. The van der Waals surface area contributed by atoms with Crippen molar-refractivity contribution in [3.05, 3.63) is 59.1 Å². The first-order valence-electron chi connectivity index (χ1n) is 8.08. The molecular weight excluding hydrogens is 334 g/mol. The molecule has 128 valence electrons. The maximum absolute atomic E-state index is 12.4. The second kappa shape index (κ2) is 9.51. The lowest BCUT2D eigenvalue weighted by Gasteiger charge is -2.12. The minimum atomic E-state index is -0.0515. The standard InChI is InChI=1S/C20H20ClN3O/c1-3-5-6-19(25)20(22-17-11-7-15(4-2)8-12-17)24-23-18-13-9-16(21)10-14-18/h2,7-14,23H,3,5-6H2,1H3,(H,22,24). The van der Waals surface area contributed by atoms with Gasteiger partial charge in [0.2, 0.25) is 0 Å². The van der Waals surface area contributed by atoms with Crippen molar-refractivity contribution in [1.29, 1.82) is 0 Å². The zero-order valence-electron chi connectivity index (χ0n) is 14.1. The molecule has 0 unspecified atom stereocenters. The van der Waals surface area contributed by atoms with E-state index < -0.39 is 0 Å². The Morgan fingerprint density at radius 2 is 1.84 bits per heavy atom. The molecule has 2 rings (SSSR count). The van der Waals surface area contributed by atoms with Gasteiger partial charge in [0.1, 0.15) is 0 Å². The van der Waals surface area contributed by atoms with E-state index in [2.05, 4.69) is 21.8 Å². The number of carbonyl (C=O) groups is 1. The third-order valence-electron chi connectivity index (χ3n) is 3.47. The number of rotatable bonds is 7. The van der Waals surface area contributed by atoms with Crippen LogP contribution in [0, 0.1) is 12.3 Å². The third kappa shape index (κ3) is 5.98. The maximum atomic E-state index is 12.4. The number of hydrogen-bond acceptors (Lipinski definition) is 3. The van der Waals surface area contributed by atoms with Gasteiger partial charge in [0.25, 0.3) is 0 Å². The lowest BCUT2D eigenvalue weighted by molar-refractivity contribution is -0.113. The highest BCUT2D eigenvalue weighted by Crippen LogP contribution is 2.15. The Labute approximate surface area is 153 Å². The molecule has 0 radical (unpaired) electrons. The van der Waals surface area contributed by atoms with Crippen LogP contribution in [0.5, 0.6) is 0 Å². The molecule has 0 fully saturated rings. The number of carbonyl (C=O) groups excluding carboxylic acids is 1. The Hall–Kier alpha value is -2.77. The summed E-state index contributed by atoms with van der Waals surface area (Å²) in [6.07, 6.45) is 7.55. The van der Waals surface area contributed by atoms with E-state index >= 15 is 0 Å². The molecule has 2 N–H and O–H groups in total. The van der Waals surface area contributed by atoms with E-state index in [0.717, 1.165) is 24.1 Å². The highest BCUT2D eigenvalue weighted by molar-refractivity contribution is 6.39.